The first-order valence-corrected chi connectivity index (χ1v) is 15.1. The minimum atomic E-state index is -0.333. The summed E-state index contributed by atoms with van der Waals surface area (Å²) in [6.45, 7) is 18.0. The van der Waals surface area contributed by atoms with Crippen LogP contribution >= 0.6 is 0 Å². The summed E-state index contributed by atoms with van der Waals surface area (Å²) in [6, 6.07) is 0. The monoisotopic (exact) mass is 500 g/mol. The van der Waals surface area contributed by atoms with Gasteiger partial charge in [0.15, 0.2) is 6.29 Å². The number of allylic oxidation sites excluding steroid dienone is 2. The fraction of sp³-hybridized carbons (Fsp3) is 0.938. The lowest BCUT2D eigenvalue weighted by Gasteiger charge is -2.71. The summed E-state index contributed by atoms with van der Waals surface area (Å²) in [5, 5.41) is 23.0. The molecule has 0 aromatic rings. The highest BCUT2D eigenvalue weighted by Gasteiger charge is 2.71. The van der Waals surface area contributed by atoms with Crippen LogP contribution < -0.4 is 0 Å². The predicted octanol–water partition coefficient (Wildman–Crippen LogP) is 6.49. The van der Waals surface area contributed by atoms with Gasteiger partial charge in [0.25, 0.3) is 0 Å². The third-order valence-electron chi connectivity index (χ3n) is 14.1. The Kier molecular flexibility index (Phi) is 5.62. The summed E-state index contributed by atoms with van der Waals surface area (Å²) in [5.74, 6) is 1.53. The molecule has 0 aromatic carbocycles. The molecular formula is C32H52O4. The molecule has 2 aliphatic heterocycles. The molecule has 0 aromatic heterocycles. The van der Waals surface area contributed by atoms with Crippen LogP contribution in [0.25, 0.3) is 0 Å². The lowest BCUT2D eigenvalue weighted by atomic mass is 9.33. The number of rotatable bonds is 2. The minimum Gasteiger partial charge on any atom is -0.393 e. The highest BCUT2D eigenvalue weighted by Crippen LogP contribution is 2.76. The van der Waals surface area contributed by atoms with E-state index in [1.165, 1.54) is 12.8 Å². The number of ether oxygens (including phenoxy) is 2. The number of hydrogen-bond donors (Lipinski definition) is 2. The molecule has 4 nitrogen and oxygen atoms in total. The Morgan fingerprint density at radius 2 is 1.67 bits per heavy atom. The van der Waals surface area contributed by atoms with Crippen LogP contribution in [0.3, 0.4) is 0 Å². The van der Waals surface area contributed by atoms with Gasteiger partial charge in [-0.2, -0.15) is 0 Å². The van der Waals surface area contributed by atoms with E-state index in [0.717, 1.165) is 44.9 Å². The van der Waals surface area contributed by atoms with Crippen LogP contribution in [-0.4, -0.2) is 41.9 Å². The van der Waals surface area contributed by atoms with Gasteiger partial charge in [0.1, 0.15) is 0 Å². The summed E-state index contributed by atoms with van der Waals surface area (Å²) in [4.78, 5) is 0. The van der Waals surface area contributed by atoms with Crippen LogP contribution in [0, 0.1) is 50.2 Å². The Morgan fingerprint density at radius 1 is 0.917 bits per heavy atom. The van der Waals surface area contributed by atoms with E-state index in [2.05, 4.69) is 54.5 Å². The summed E-state index contributed by atoms with van der Waals surface area (Å²) in [5.41, 5.74) is 1.85. The largest absolute Gasteiger partial charge is 0.393 e. The van der Waals surface area contributed by atoms with Crippen molar-refractivity contribution < 1.29 is 19.7 Å². The topological polar surface area (TPSA) is 58.9 Å². The van der Waals surface area contributed by atoms with E-state index in [1.807, 2.05) is 0 Å². The van der Waals surface area contributed by atoms with E-state index in [1.54, 1.807) is 5.57 Å². The van der Waals surface area contributed by atoms with Crippen LogP contribution in [0.15, 0.2) is 11.6 Å². The van der Waals surface area contributed by atoms with Crippen molar-refractivity contribution in [3.05, 3.63) is 11.6 Å². The average molecular weight is 501 g/mol. The summed E-state index contributed by atoms with van der Waals surface area (Å²) in [7, 11) is 0. The van der Waals surface area contributed by atoms with Gasteiger partial charge in [0, 0.05) is 17.4 Å². The van der Waals surface area contributed by atoms with Crippen molar-refractivity contribution in [2.24, 2.45) is 50.2 Å². The van der Waals surface area contributed by atoms with Crippen molar-refractivity contribution in [2.45, 2.75) is 125 Å². The smallest absolute Gasteiger partial charge is 0.162 e. The first-order valence-electron chi connectivity index (χ1n) is 15.1. The second-order valence-electron chi connectivity index (χ2n) is 15.6. The van der Waals surface area contributed by atoms with Gasteiger partial charge in [0.05, 0.1) is 18.8 Å². The summed E-state index contributed by atoms with van der Waals surface area (Å²) >= 11 is 0. The molecule has 7 aliphatic rings. The van der Waals surface area contributed by atoms with Gasteiger partial charge >= 0.3 is 0 Å². The molecule has 11 atom stereocenters. The SMILES string of the molecule is CCO[C@@H]1OC[C@]23CC[C@@]1(C)C[C@H]2C1=CC[C@@H]2[C@@]4(C)CC[C@H](O)C(C)(C)[C@H]4CC[C@@]2(C)[C@]1(C)C[C@H]3O. The lowest BCUT2D eigenvalue weighted by Crippen LogP contribution is -2.66. The molecular weight excluding hydrogens is 448 g/mol. The predicted molar refractivity (Wildman–Crippen MR) is 142 cm³/mol. The van der Waals surface area contributed by atoms with Crippen molar-refractivity contribution in [1.29, 1.82) is 0 Å². The van der Waals surface area contributed by atoms with E-state index in [-0.39, 0.29) is 51.0 Å². The molecule has 1 spiro atoms. The third kappa shape index (κ3) is 2.97. The van der Waals surface area contributed by atoms with Crippen molar-refractivity contribution in [3.8, 4) is 0 Å². The van der Waals surface area contributed by atoms with Crippen LogP contribution in [0.4, 0.5) is 0 Å². The van der Waals surface area contributed by atoms with Crippen molar-refractivity contribution >= 4 is 0 Å². The molecule has 5 aliphatic carbocycles. The molecule has 2 N–H and O–H groups in total. The van der Waals surface area contributed by atoms with Crippen molar-refractivity contribution in [1.82, 2.24) is 0 Å². The highest BCUT2D eigenvalue weighted by molar-refractivity contribution is 5.35. The van der Waals surface area contributed by atoms with Crippen molar-refractivity contribution in [2.75, 3.05) is 13.2 Å². The zero-order valence-electron chi connectivity index (χ0n) is 24.0. The van der Waals surface area contributed by atoms with E-state index >= 15 is 0 Å². The summed E-state index contributed by atoms with van der Waals surface area (Å²) in [6.07, 6.45) is 11.6. The number of aliphatic hydroxyl groups excluding tert-OH is 2. The fourth-order valence-corrected chi connectivity index (χ4v) is 11.6. The molecule has 2 saturated heterocycles. The van der Waals surface area contributed by atoms with Gasteiger partial charge in [0.2, 0.25) is 0 Å². The quantitative estimate of drug-likeness (QED) is 0.425. The molecule has 204 valence electrons. The van der Waals surface area contributed by atoms with Crippen LogP contribution in [-0.2, 0) is 9.47 Å². The second kappa shape index (κ2) is 7.83. The van der Waals surface area contributed by atoms with E-state index in [9.17, 15) is 10.2 Å². The zero-order valence-corrected chi connectivity index (χ0v) is 24.0. The molecule has 2 heterocycles. The fourth-order valence-electron chi connectivity index (χ4n) is 11.6. The van der Waals surface area contributed by atoms with Crippen LogP contribution in [0.1, 0.15) is 106 Å². The van der Waals surface area contributed by atoms with Gasteiger partial charge < -0.3 is 19.7 Å². The molecule has 4 saturated carbocycles. The highest BCUT2D eigenvalue weighted by atomic mass is 16.7. The molecule has 0 radical (unpaired) electrons. The Hall–Kier alpha value is -0.420. The van der Waals surface area contributed by atoms with Gasteiger partial charge in [-0.05, 0) is 104 Å². The lowest BCUT2D eigenvalue weighted by molar-refractivity contribution is -0.216. The van der Waals surface area contributed by atoms with Gasteiger partial charge in [-0.3, -0.25) is 0 Å². The van der Waals surface area contributed by atoms with Crippen LogP contribution in [0.2, 0.25) is 0 Å². The maximum atomic E-state index is 12.0. The minimum absolute atomic E-state index is 0.00138. The van der Waals surface area contributed by atoms with Gasteiger partial charge in [-0.15, -0.1) is 0 Å². The first kappa shape index (κ1) is 25.8. The van der Waals surface area contributed by atoms with E-state index in [0.29, 0.717) is 31.0 Å². The van der Waals surface area contributed by atoms with Crippen LogP contribution in [0.5, 0.6) is 0 Å². The van der Waals surface area contributed by atoms with Crippen molar-refractivity contribution in [3.63, 3.8) is 0 Å². The second-order valence-corrected chi connectivity index (χ2v) is 15.6. The Bertz CT molecular complexity index is 942. The normalized spacial score (nSPS) is 57.5. The molecule has 7 rings (SSSR count). The molecule has 4 heteroatoms. The zero-order chi connectivity index (χ0) is 25.9. The number of aliphatic hydroxyl groups is 2. The Labute approximate surface area is 219 Å². The number of hydrogen-bond acceptors (Lipinski definition) is 4. The molecule has 2 bridgehead atoms. The van der Waals surface area contributed by atoms with Gasteiger partial charge in [-0.1, -0.05) is 53.2 Å². The standard InChI is InChI=1S/C32H52O4/c1-8-35-26-28(4)15-16-32(19-36-26)21(17-28)20-9-10-23-29(5)13-12-24(33)27(2,3)22(29)11-14-30(23,6)31(20,7)18-25(32)34/h9,21-26,33-34H,8,10-19H2,1-7H3/t21-,22+,23+,24-,25+,26+,28-,29-,30+,31+,32+/m0/s1. The summed E-state index contributed by atoms with van der Waals surface area (Å²) < 4.78 is 12.7. The Morgan fingerprint density at radius 3 is 2.39 bits per heavy atom. The molecule has 0 unspecified atom stereocenters. The number of fused-ring (bicyclic) bond motifs is 8. The van der Waals surface area contributed by atoms with Gasteiger partial charge in [-0.25, -0.2) is 0 Å². The average Bonchev–Trinajstić information content (AvgIpc) is 3.02. The maximum absolute atomic E-state index is 12.0. The van der Waals surface area contributed by atoms with E-state index in [4.69, 9.17) is 9.47 Å². The third-order valence-corrected chi connectivity index (χ3v) is 14.1. The Balaban J connectivity index is 1.43. The first-order chi connectivity index (χ1) is 16.8. The molecule has 6 fully saturated rings. The maximum Gasteiger partial charge on any atom is 0.162 e. The molecule has 0 amide bonds. The van der Waals surface area contributed by atoms with E-state index < -0.39 is 0 Å². The molecule has 36 heavy (non-hydrogen) atoms.